The summed E-state index contributed by atoms with van der Waals surface area (Å²) in [5, 5.41) is 22.1. The minimum atomic E-state index is 0.573. The van der Waals surface area contributed by atoms with E-state index >= 15 is 0 Å². The predicted octanol–water partition coefficient (Wildman–Crippen LogP) is 15.0. The molecule has 0 aliphatic rings. The molecule has 302 valence electrons. The quantitative estimate of drug-likeness (QED) is 0.153. The van der Waals surface area contributed by atoms with Crippen LogP contribution in [0.1, 0.15) is 11.1 Å². The van der Waals surface area contributed by atoms with Crippen LogP contribution in [0, 0.1) is 22.7 Å². The van der Waals surface area contributed by atoms with Crippen LogP contribution in [-0.2, 0) is 0 Å². The second-order valence-electron chi connectivity index (χ2n) is 16.0. The lowest BCUT2D eigenvalue weighted by atomic mass is 9.91. The third kappa shape index (κ3) is 7.30. The van der Waals surface area contributed by atoms with Crippen LogP contribution in [0.25, 0.3) is 106 Å². The van der Waals surface area contributed by atoms with Gasteiger partial charge in [0.05, 0.1) is 51.4 Å². The Morgan fingerprint density at radius 3 is 1.08 bits per heavy atom. The summed E-state index contributed by atoms with van der Waals surface area (Å²) in [5.74, 6) is 0.573. The maximum Gasteiger partial charge on any atom is 0.160 e. The Balaban J connectivity index is 1.26. The molecule has 0 bridgehead atoms. The molecule has 0 aliphatic heterocycles. The van der Waals surface area contributed by atoms with Gasteiger partial charge >= 0.3 is 0 Å². The molecule has 5 nitrogen and oxygen atoms in total. The Morgan fingerprint density at radius 1 is 0.323 bits per heavy atom. The van der Waals surface area contributed by atoms with E-state index in [0.717, 1.165) is 100 Å². The number of hydrogen-bond donors (Lipinski definition) is 0. The van der Waals surface area contributed by atoms with Crippen LogP contribution < -0.4 is 0 Å². The van der Waals surface area contributed by atoms with Crippen molar-refractivity contribution >= 4 is 21.8 Å². The Kier molecular flexibility index (Phi) is 9.90. The maximum absolute atomic E-state index is 9.92. The van der Waals surface area contributed by atoms with E-state index in [9.17, 15) is 10.5 Å². The third-order valence-corrected chi connectivity index (χ3v) is 12.1. The molecule has 11 rings (SSSR count). The largest absolute Gasteiger partial charge is 0.308 e. The second kappa shape index (κ2) is 16.6. The van der Waals surface area contributed by atoms with E-state index in [4.69, 9.17) is 9.97 Å². The molecule has 0 spiro atoms. The molecule has 11 aromatic rings. The van der Waals surface area contributed by atoms with E-state index in [1.807, 2.05) is 97.1 Å². The molecule has 0 saturated heterocycles. The van der Waals surface area contributed by atoms with Gasteiger partial charge in [0, 0.05) is 38.6 Å². The Labute approximate surface area is 377 Å². The van der Waals surface area contributed by atoms with Crippen molar-refractivity contribution in [1.29, 1.82) is 10.5 Å². The van der Waals surface area contributed by atoms with Crippen molar-refractivity contribution in [1.82, 2.24) is 14.5 Å². The molecule has 0 amide bonds. The molecular weight excluding hydrogens is 791 g/mol. The highest BCUT2D eigenvalue weighted by Gasteiger charge is 2.24. The molecule has 0 atom stereocenters. The van der Waals surface area contributed by atoms with Crippen molar-refractivity contribution in [2.45, 2.75) is 0 Å². The summed E-state index contributed by atoms with van der Waals surface area (Å²) in [6.45, 7) is 0. The summed E-state index contributed by atoms with van der Waals surface area (Å²) >= 11 is 0. The lowest BCUT2D eigenvalue weighted by molar-refractivity contribution is 1.17. The smallest absolute Gasteiger partial charge is 0.160 e. The molecule has 0 saturated carbocycles. The highest BCUT2D eigenvalue weighted by molar-refractivity contribution is 6.13. The number of rotatable bonds is 8. The highest BCUT2D eigenvalue weighted by Crippen LogP contribution is 2.45. The third-order valence-electron chi connectivity index (χ3n) is 12.1. The van der Waals surface area contributed by atoms with Crippen LogP contribution in [0.3, 0.4) is 0 Å². The van der Waals surface area contributed by atoms with Gasteiger partial charge in [0.1, 0.15) is 0 Å². The average Bonchev–Trinajstić information content (AvgIpc) is 3.71. The SMILES string of the molecule is N#Cc1ccc(-c2cc(-c3nc(-c4ccccc4)cc(-c4ccccc4)n3)cc(-c3ccc(C#N)cc3)c2-n2c3ccc(-c4ccccc4)cc3c3cc(-c4ccccc4)ccc32)cc1. The summed E-state index contributed by atoms with van der Waals surface area (Å²) in [7, 11) is 0. The molecule has 0 N–H and O–H groups in total. The summed E-state index contributed by atoms with van der Waals surface area (Å²) in [4.78, 5) is 10.6. The number of hydrogen-bond acceptors (Lipinski definition) is 4. The van der Waals surface area contributed by atoms with Gasteiger partial charge in [-0.05, 0) is 100 Å². The van der Waals surface area contributed by atoms with Gasteiger partial charge < -0.3 is 4.57 Å². The first-order chi connectivity index (χ1) is 32.1. The van der Waals surface area contributed by atoms with Crippen molar-refractivity contribution < 1.29 is 0 Å². The van der Waals surface area contributed by atoms with E-state index in [-0.39, 0.29) is 0 Å². The van der Waals surface area contributed by atoms with Gasteiger partial charge in [0.2, 0.25) is 0 Å². The zero-order chi connectivity index (χ0) is 43.7. The van der Waals surface area contributed by atoms with Crippen LogP contribution in [0.5, 0.6) is 0 Å². The minimum Gasteiger partial charge on any atom is -0.308 e. The van der Waals surface area contributed by atoms with Gasteiger partial charge in [-0.2, -0.15) is 10.5 Å². The zero-order valence-electron chi connectivity index (χ0n) is 35.1. The molecule has 0 fully saturated rings. The van der Waals surface area contributed by atoms with E-state index in [1.54, 1.807) is 0 Å². The molecule has 9 aromatic carbocycles. The van der Waals surface area contributed by atoms with Gasteiger partial charge in [-0.3, -0.25) is 0 Å². The van der Waals surface area contributed by atoms with E-state index < -0.39 is 0 Å². The second-order valence-corrected chi connectivity index (χ2v) is 16.0. The molecule has 5 heteroatoms. The van der Waals surface area contributed by atoms with Crippen molar-refractivity contribution in [3.05, 3.63) is 236 Å². The van der Waals surface area contributed by atoms with Crippen LogP contribution in [-0.4, -0.2) is 14.5 Å². The predicted molar refractivity (Wildman–Crippen MR) is 264 cm³/mol. The number of aromatic nitrogens is 3. The summed E-state index contributed by atoms with van der Waals surface area (Å²) < 4.78 is 2.38. The van der Waals surface area contributed by atoms with E-state index in [0.29, 0.717) is 17.0 Å². The fraction of sp³-hybridized carbons (Fsp3) is 0. The first kappa shape index (κ1) is 38.7. The fourth-order valence-electron chi connectivity index (χ4n) is 8.87. The number of nitriles is 2. The van der Waals surface area contributed by atoms with Crippen LogP contribution in [0.2, 0.25) is 0 Å². The zero-order valence-corrected chi connectivity index (χ0v) is 35.1. The van der Waals surface area contributed by atoms with Crippen LogP contribution >= 0.6 is 0 Å². The number of fused-ring (bicyclic) bond motifs is 3. The topological polar surface area (TPSA) is 78.3 Å². The Bertz CT molecular complexity index is 3390. The molecule has 2 aromatic heterocycles. The van der Waals surface area contributed by atoms with Gasteiger partial charge in [-0.1, -0.05) is 158 Å². The van der Waals surface area contributed by atoms with Gasteiger partial charge in [0.15, 0.2) is 5.82 Å². The lowest BCUT2D eigenvalue weighted by Gasteiger charge is -2.21. The molecule has 0 aliphatic carbocycles. The molecule has 0 radical (unpaired) electrons. The average molecular weight is 828 g/mol. The van der Waals surface area contributed by atoms with Gasteiger partial charge in [0.25, 0.3) is 0 Å². The molecule has 2 heterocycles. The van der Waals surface area contributed by atoms with Crippen LogP contribution in [0.15, 0.2) is 224 Å². The van der Waals surface area contributed by atoms with Crippen molar-refractivity contribution in [3.63, 3.8) is 0 Å². The summed E-state index contributed by atoms with van der Waals surface area (Å²) in [5.41, 5.74) is 16.8. The van der Waals surface area contributed by atoms with Crippen LogP contribution in [0.4, 0.5) is 0 Å². The van der Waals surface area contributed by atoms with Crippen molar-refractivity contribution in [2.75, 3.05) is 0 Å². The van der Waals surface area contributed by atoms with Crippen molar-refractivity contribution in [3.8, 4) is 96.2 Å². The standard InChI is InChI=1S/C60H37N5/c61-38-40-21-25-44(26-22-40)51-35-50(60-63-55(46-17-9-3-10-18-46)37-56(64-60)47-19-11-4-12-20-47)36-52(45-27-23-41(39-62)24-28-45)59(51)65-57-31-29-48(42-13-5-1-6-14-42)33-53(57)54-34-49(30-32-58(54)65)43-15-7-2-8-16-43/h1-37H. The lowest BCUT2D eigenvalue weighted by Crippen LogP contribution is -2.03. The van der Waals surface area contributed by atoms with Gasteiger partial charge in [-0.15, -0.1) is 0 Å². The maximum atomic E-state index is 9.92. The normalized spacial score (nSPS) is 11.0. The Hall–Kier alpha value is -9.16. The summed E-state index contributed by atoms with van der Waals surface area (Å²) in [6, 6.07) is 81.5. The minimum absolute atomic E-state index is 0.573. The highest BCUT2D eigenvalue weighted by atomic mass is 15.0. The first-order valence-electron chi connectivity index (χ1n) is 21.5. The van der Waals surface area contributed by atoms with E-state index in [2.05, 4.69) is 144 Å². The monoisotopic (exact) mass is 827 g/mol. The Morgan fingerprint density at radius 2 is 0.692 bits per heavy atom. The molecule has 0 unspecified atom stereocenters. The first-order valence-corrected chi connectivity index (χ1v) is 21.5. The van der Waals surface area contributed by atoms with Gasteiger partial charge in [-0.25, -0.2) is 9.97 Å². The van der Waals surface area contributed by atoms with E-state index in [1.165, 1.54) is 0 Å². The fourth-order valence-corrected chi connectivity index (χ4v) is 8.87. The van der Waals surface area contributed by atoms with Crippen molar-refractivity contribution in [2.24, 2.45) is 0 Å². The summed E-state index contributed by atoms with van der Waals surface area (Å²) in [6.07, 6.45) is 0. The molecular formula is C60H37N5. The number of nitrogens with zero attached hydrogens (tertiary/aromatic N) is 5. The molecule has 65 heavy (non-hydrogen) atoms. The number of benzene rings is 9.